The molecule has 5 rings (SSSR count). The van der Waals surface area contributed by atoms with Crippen LogP contribution < -0.4 is 5.69 Å². The molecule has 2 aliphatic rings. The summed E-state index contributed by atoms with van der Waals surface area (Å²) in [6.45, 7) is 0. The van der Waals surface area contributed by atoms with E-state index in [1.54, 1.807) is 10.6 Å². The van der Waals surface area contributed by atoms with E-state index in [0.29, 0.717) is 35.2 Å². The molecule has 5 heteroatoms. The van der Waals surface area contributed by atoms with Gasteiger partial charge in [0.15, 0.2) is 0 Å². The molecule has 132 valence electrons. The van der Waals surface area contributed by atoms with Gasteiger partial charge in [-0.05, 0) is 61.3 Å². The van der Waals surface area contributed by atoms with E-state index in [4.69, 9.17) is 11.6 Å². The summed E-state index contributed by atoms with van der Waals surface area (Å²) in [4.78, 5) is 17.2. The molecule has 0 saturated heterocycles. The predicted molar refractivity (Wildman–Crippen MR) is 101 cm³/mol. The van der Waals surface area contributed by atoms with Crippen LogP contribution in [0, 0.1) is 5.92 Å². The minimum absolute atomic E-state index is 0.00984. The molecule has 0 spiro atoms. The van der Waals surface area contributed by atoms with Gasteiger partial charge in [0.05, 0.1) is 21.9 Å². The second-order valence-corrected chi connectivity index (χ2v) is 7.80. The SMILES string of the molecule is O=c1nc(C[C@@H]2C[C@@H]2F)c2ccc(C3CC3)cc2n1-c1ccccc1Cl. The van der Waals surface area contributed by atoms with Crippen LogP contribution in [0.5, 0.6) is 0 Å². The van der Waals surface area contributed by atoms with Crippen LogP contribution in [0.25, 0.3) is 16.6 Å². The van der Waals surface area contributed by atoms with E-state index in [-0.39, 0.29) is 11.6 Å². The van der Waals surface area contributed by atoms with E-state index in [2.05, 4.69) is 17.1 Å². The van der Waals surface area contributed by atoms with Crippen molar-refractivity contribution in [1.82, 2.24) is 9.55 Å². The van der Waals surface area contributed by atoms with E-state index in [1.165, 1.54) is 18.4 Å². The van der Waals surface area contributed by atoms with Gasteiger partial charge >= 0.3 is 5.69 Å². The minimum atomic E-state index is -0.761. The highest BCUT2D eigenvalue weighted by Gasteiger charge is 2.38. The monoisotopic (exact) mass is 368 g/mol. The Morgan fingerprint density at radius 3 is 2.65 bits per heavy atom. The molecule has 3 aromatic rings. The van der Waals surface area contributed by atoms with Gasteiger partial charge in [0.2, 0.25) is 0 Å². The summed E-state index contributed by atoms with van der Waals surface area (Å²) >= 11 is 6.36. The van der Waals surface area contributed by atoms with Crippen LogP contribution in [-0.2, 0) is 6.42 Å². The number of hydrogen-bond donors (Lipinski definition) is 0. The Balaban J connectivity index is 1.76. The van der Waals surface area contributed by atoms with Crippen LogP contribution in [0.15, 0.2) is 47.3 Å². The van der Waals surface area contributed by atoms with Crippen molar-refractivity contribution in [2.45, 2.75) is 37.8 Å². The van der Waals surface area contributed by atoms with Gasteiger partial charge in [-0.25, -0.2) is 9.18 Å². The summed E-state index contributed by atoms with van der Waals surface area (Å²) in [5, 5.41) is 1.42. The zero-order valence-electron chi connectivity index (χ0n) is 14.2. The summed E-state index contributed by atoms with van der Waals surface area (Å²) in [6.07, 6.45) is 2.69. The third kappa shape index (κ3) is 2.73. The van der Waals surface area contributed by atoms with Crippen LogP contribution >= 0.6 is 11.6 Å². The first kappa shape index (κ1) is 16.0. The molecular formula is C21H18ClFN2O. The summed E-state index contributed by atoms with van der Waals surface area (Å²) < 4.78 is 15.0. The summed E-state index contributed by atoms with van der Waals surface area (Å²) in [5.74, 6) is 0.564. The first-order valence-corrected chi connectivity index (χ1v) is 9.44. The Morgan fingerprint density at radius 1 is 1.19 bits per heavy atom. The molecule has 0 bridgehead atoms. The Kier molecular flexibility index (Phi) is 3.64. The number of alkyl halides is 1. The Labute approximate surface area is 155 Å². The zero-order valence-corrected chi connectivity index (χ0v) is 14.9. The number of benzene rings is 2. The van der Waals surface area contributed by atoms with Crippen molar-refractivity contribution in [3.8, 4) is 5.69 Å². The lowest BCUT2D eigenvalue weighted by Gasteiger charge is -2.15. The maximum atomic E-state index is 13.4. The Bertz CT molecular complexity index is 1070. The molecule has 2 saturated carbocycles. The van der Waals surface area contributed by atoms with Crippen LogP contribution in [0.4, 0.5) is 4.39 Å². The number of aromatic nitrogens is 2. The second-order valence-electron chi connectivity index (χ2n) is 7.39. The summed E-state index contributed by atoms with van der Waals surface area (Å²) in [6, 6.07) is 13.5. The average Bonchev–Trinajstić information content (AvgIpc) is 3.54. The smallest absolute Gasteiger partial charge is 0.259 e. The van der Waals surface area contributed by atoms with Crippen molar-refractivity contribution >= 4 is 22.5 Å². The molecule has 1 heterocycles. The molecule has 2 aliphatic carbocycles. The van der Waals surface area contributed by atoms with Crippen LogP contribution in [-0.4, -0.2) is 15.7 Å². The van der Waals surface area contributed by atoms with Crippen LogP contribution in [0.2, 0.25) is 5.02 Å². The Morgan fingerprint density at radius 2 is 1.96 bits per heavy atom. The molecule has 2 atom stereocenters. The molecule has 26 heavy (non-hydrogen) atoms. The highest BCUT2D eigenvalue weighted by Crippen LogP contribution is 2.42. The van der Waals surface area contributed by atoms with Crippen molar-refractivity contribution in [3.63, 3.8) is 0 Å². The van der Waals surface area contributed by atoms with Gasteiger partial charge in [-0.2, -0.15) is 4.98 Å². The molecule has 2 fully saturated rings. The van der Waals surface area contributed by atoms with Gasteiger partial charge in [0.25, 0.3) is 0 Å². The van der Waals surface area contributed by atoms with Crippen LogP contribution in [0.1, 0.15) is 36.4 Å². The highest BCUT2D eigenvalue weighted by atomic mass is 35.5. The lowest BCUT2D eigenvalue weighted by atomic mass is 10.0. The molecule has 1 aromatic heterocycles. The van der Waals surface area contributed by atoms with Crippen molar-refractivity contribution in [2.75, 3.05) is 0 Å². The first-order valence-electron chi connectivity index (χ1n) is 9.06. The largest absolute Gasteiger partial charge is 0.352 e. The number of rotatable bonds is 4. The molecule has 0 radical (unpaired) electrons. The highest BCUT2D eigenvalue weighted by molar-refractivity contribution is 6.32. The van der Waals surface area contributed by atoms with E-state index in [9.17, 15) is 9.18 Å². The van der Waals surface area contributed by atoms with Crippen LogP contribution in [0.3, 0.4) is 0 Å². The maximum absolute atomic E-state index is 13.4. The third-order valence-electron chi connectivity index (χ3n) is 5.43. The predicted octanol–water partition coefficient (Wildman–Crippen LogP) is 4.82. The number of halogens is 2. The Hall–Kier alpha value is -2.20. The molecule has 0 aliphatic heterocycles. The molecule has 0 unspecified atom stereocenters. The summed E-state index contributed by atoms with van der Waals surface area (Å²) in [5.41, 5.74) is 3.02. The average molecular weight is 369 g/mol. The topological polar surface area (TPSA) is 34.9 Å². The van der Waals surface area contributed by atoms with Gasteiger partial charge in [0, 0.05) is 5.39 Å². The zero-order chi connectivity index (χ0) is 17.8. The maximum Gasteiger partial charge on any atom is 0.352 e. The van der Waals surface area contributed by atoms with Gasteiger partial charge in [0.1, 0.15) is 6.17 Å². The number of nitrogens with zero attached hydrogens (tertiary/aromatic N) is 2. The van der Waals surface area contributed by atoms with Gasteiger partial charge in [-0.3, -0.25) is 4.57 Å². The lowest BCUT2D eigenvalue weighted by Crippen LogP contribution is -2.24. The molecule has 0 amide bonds. The number of fused-ring (bicyclic) bond motifs is 1. The van der Waals surface area contributed by atoms with Gasteiger partial charge < -0.3 is 0 Å². The first-order chi connectivity index (χ1) is 12.6. The molecule has 3 nitrogen and oxygen atoms in total. The number of hydrogen-bond acceptors (Lipinski definition) is 2. The fourth-order valence-electron chi connectivity index (χ4n) is 3.67. The minimum Gasteiger partial charge on any atom is -0.259 e. The van der Waals surface area contributed by atoms with Gasteiger partial charge in [-0.1, -0.05) is 35.9 Å². The molecule has 2 aromatic carbocycles. The number of para-hydroxylation sites is 1. The van der Waals surface area contributed by atoms with E-state index >= 15 is 0 Å². The van der Waals surface area contributed by atoms with Crippen molar-refractivity contribution < 1.29 is 4.39 Å². The second kappa shape index (κ2) is 5.92. The van der Waals surface area contributed by atoms with Crippen molar-refractivity contribution in [3.05, 3.63) is 69.2 Å². The summed E-state index contributed by atoms with van der Waals surface area (Å²) in [7, 11) is 0. The van der Waals surface area contributed by atoms with E-state index in [1.807, 2.05) is 24.3 Å². The van der Waals surface area contributed by atoms with E-state index in [0.717, 1.165) is 10.9 Å². The normalized spacial score (nSPS) is 21.9. The molecular weight excluding hydrogens is 351 g/mol. The quantitative estimate of drug-likeness (QED) is 0.662. The van der Waals surface area contributed by atoms with Crippen molar-refractivity contribution in [2.24, 2.45) is 5.92 Å². The third-order valence-corrected chi connectivity index (χ3v) is 5.75. The standard InChI is InChI=1S/C21H18ClFN2O/c22-16-3-1-2-4-19(16)25-20-11-13(12-5-6-12)7-8-15(20)18(24-21(25)26)10-14-9-17(14)23/h1-4,7-8,11-12,14,17H,5-6,9-10H2/t14-,17-/m0/s1. The molecule has 0 N–H and O–H groups in total. The fourth-order valence-corrected chi connectivity index (χ4v) is 3.89. The van der Waals surface area contributed by atoms with E-state index < -0.39 is 6.17 Å². The van der Waals surface area contributed by atoms with Crippen molar-refractivity contribution in [1.29, 1.82) is 0 Å². The fraction of sp³-hybridized carbons (Fsp3) is 0.333. The lowest BCUT2D eigenvalue weighted by molar-refractivity contribution is 0.444. The van der Waals surface area contributed by atoms with Gasteiger partial charge in [-0.15, -0.1) is 0 Å².